The zero-order valence-electron chi connectivity index (χ0n) is 20.2. The van der Waals surface area contributed by atoms with Crippen LogP contribution in [0.25, 0.3) is 5.82 Å². The number of rotatable bonds is 4. The molecule has 5 nitrogen and oxygen atoms in total. The lowest BCUT2D eigenvalue weighted by Crippen LogP contribution is -2.29. The largest absolute Gasteiger partial charge is 0.351 e. The lowest BCUT2D eigenvalue weighted by atomic mass is 9.96. The smallest absolute Gasteiger partial charge is 0.174 e. The number of aromatic nitrogens is 3. The highest BCUT2D eigenvalue weighted by Gasteiger charge is 2.42. The lowest BCUT2D eigenvalue weighted by molar-refractivity contribution is 0.565. The van der Waals surface area contributed by atoms with Crippen molar-refractivity contribution in [1.29, 1.82) is 0 Å². The van der Waals surface area contributed by atoms with Crippen molar-refractivity contribution in [2.45, 2.75) is 46.7 Å². The van der Waals surface area contributed by atoms with Crippen molar-refractivity contribution < 1.29 is 0 Å². The molecule has 0 amide bonds. The Morgan fingerprint density at radius 3 is 2.38 bits per heavy atom. The number of pyridine rings is 2. The van der Waals surface area contributed by atoms with Crippen molar-refractivity contribution in [1.82, 2.24) is 19.9 Å². The van der Waals surface area contributed by atoms with Crippen LogP contribution < -0.4 is 10.2 Å². The van der Waals surface area contributed by atoms with Gasteiger partial charge in [-0.25, -0.2) is 4.98 Å². The quantitative estimate of drug-likeness (QED) is 0.374. The monoisotopic (exact) mass is 467 g/mol. The maximum absolute atomic E-state index is 5.91. The summed E-state index contributed by atoms with van der Waals surface area (Å²) in [6, 6.07) is 18.9. The van der Waals surface area contributed by atoms with Crippen molar-refractivity contribution in [3.05, 3.63) is 106 Å². The second-order valence-corrected chi connectivity index (χ2v) is 9.51. The molecule has 1 aromatic carbocycles. The molecular formula is C28H29N5S. The fourth-order valence-electron chi connectivity index (χ4n) is 4.91. The molecule has 0 bridgehead atoms. The lowest BCUT2D eigenvalue weighted by Gasteiger charge is -2.28. The number of hydrogen-bond acceptors (Lipinski definition) is 3. The normalized spacial score (nSPS) is 17.8. The number of hydrogen-bond donors (Lipinski definition) is 1. The average molecular weight is 468 g/mol. The third kappa shape index (κ3) is 3.78. The highest BCUT2D eigenvalue weighted by atomic mass is 32.1. The van der Waals surface area contributed by atoms with Crippen LogP contribution >= 0.6 is 12.2 Å². The summed E-state index contributed by atoms with van der Waals surface area (Å²) in [5.41, 5.74) is 9.26. The van der Waals surface area contributed by atoms with Crippen LogP contribution in [-0.2, 0) is 0 Å². The Hall–Kier alpha value is -3.51. The molecule has 1 fully saturated rings. The summed E-state index contributed by atoms with van der Waals surface area (Å²) in [5.74, 6) is 0.932. The fraction of sp³-hybridized carbons (Fsp3) is 0.250. The molecule has 172 valence electrons. The van der Waals surface area contributed by atoms with Crippen LogP contribution in [-0.4, -0.2) is 19.6 Å². The minimum atomic E-state index is -0.0743. The zero-order valence-corrected chi connectivity index (χ0v) is 21.0. The SMILES string of the molecule is Cc1ccnc(-n2c(C)cc([C@H]3[C@H](c4ccccn4)NC(=S)N3c3ccc(C)c(C)c3)c2C)c1. The molecule has 4 heterocycles. The summed E-state index contributed by atoms with van der Waals surface area (Å²) < 4.78 is 2.23. The molecule has 5 rings (SSSR count). The number of aryl methyl sites for hydroxylation is 4. The molecule has 0 saturated carbocycles. The first-order valence-electron chi connectivity index (χ1n) is 11.5. The average Bonchev–Trinajstić information content (AvgIpc) is 3.31. The van der Waals surface area contributed by atoms with E-state index in [4.69, 9.17) is 17.2 Å². The molecular weight excluding hydrogens is 438 g/mol. The van der Waals surface area contributed by atoms with E-state index in [-0.39, 0.29) is 12.1 Å². The zero-order chi connectivity index (χ0) is 24.0. The van der Waals surface area contributed by atoms with Crippen LogP contribution in [0.2, 0.25) is 0 Å². The molecule has 0 unspecified atom stereocenters. The van der Waals surface area contributed by atoms with Crippen LogP contribution in [0.5, 0.6) is 0 Å². The van der Waals surface area contributed by atoms with Gasteiger partial charge >= 0.3 is 0 Å². The fourth-order valence-corrected chi connectivity index (χ4v) is 5.25. The molecule has 3 aromatic heterocycles. The van der Waals surface area contributed by atoms with E-state index in [1.165, 1.54) is 22.3 Å². The van der Waals surface area contributed by atoms with Crippen LogP contribution in [0.15, 0.2) is 67.0 Å². The minimum Gasteiger partial charge on any atom is -0.351 e. The van der Waals surface area contributed by atoms with Crippen molar-refractivity contribution in [3.63, 3.8) is 0 Å². The first-order chi connectivity index (χ1) is 16.3. The van der Waals surface area contributed by atoms with Gasteiger partial charge in [-0.05, 0) is 112 Å². The molecule has 0 radical (unpaired) electrons. The molecule has 4 aromatic rings. The Morgan fingerprint density at radius 1 is 0.853 bits per heavy atom. The van der Waals surface area contributed by atoms with Crippen LogP contribution in [0, 0.1) is 34.6 Å². The number of nitrogens with one attached hydrogen (secondary N) is 1. The van der Waals surface area contributed by atoms with Gasteiger partial charge < -0.3 is 14.8 Å². The Kier molecular flexibility index (Phi) is 5.70. The van der Waals surface area contributed by atoms with E-state index in [0.717, 1.165) is 28.6 Å². The molecule has 1 saturated heterocycles. The summed E-state index contributed by atoms with van der Waals surface area (Å²) in [4.78, 5) is 11.6. The summed E-state index contributed by atoms with van der Waals surface area (Å²) in [6.45, 7) is 10.7. The van der Waals surface area contributed by atoms with Gasteiger partial charge in [-0.3, -0.25) is 4.98 Å². The standard InChI is InChI=1S/C28H29N5S/c1-17-11-13-30-25(14-17)32-20(4)16-23(21(32)5)27-26(24-8-6-7-12-29-24)31-28(34)33(27)22-10-9-18(2)19(3)15-22/h6-16,26-27H,1-5H3,(H,31,34)/t26-,27-/m0/s1. The van der Waals surface area contributed by atoms with Crippen LogP contribution in [0.4, 0.5) is 5.69 Å². The summed E-state index contributed by atoms with van der Waals surface area (Å²) in [7, 11) is 0. The maximum Gasteiger partial charge on any atom is 0.174 e. The van der Waals surface area contributed by atoms with Gasteiger partial charge in [-0.15, -0.1) is 0 Å². The molecule has 0 aliphatic carbocycles. The van der Waals surface area contributed by atoms with Crippen molar-refractivity contribution in [2.75, 3.05) is 4.90 Å². The molecule has 1 N–H and O–H groups in total. The number of nitrogens with zero attached hydrogens (tertiary/aromatic N) is 4. The van der Waals surface area contributed by atoms with Crippen LogP contribution in [0.3, 0.4) is 0 Å². The Balaban J connectivity index is 1.69. The Bertz CT molecular complexity index is 1380. The van der Waals surface area contributed by atoms with E-state index < -0.39 is 0 Å². The van der Waals surface area contributed by atoms with E-state index in [2.05, 4.69) is 90.8 Å². The molecule has 1 aliphatic heterocycles. The highest BCUT2D eigenvalue weighted by Crippen LogP contribution is 2.43. The minimum absolute atomic E-state index is 0.0470. The topological polar surface area (TPSA) is 46.0 Å². The van der Waals surface area contributed by atoms with Crippen molar-refractivity contribution in [2.24, 2.45) is 0 Å². The van der Waals surface area contributed by atoms with Gasteiger partial charge in [0.25, 0.3) is 0 Å². The number of anilines is 1. The van der Waals surface area contributed by atoms with Gasteiger partial charge in [0, 0.05) is 29.5 Å². The third-order valence-corrected chi connectivity index (χ3v) is 7.10. The van der Waals surface area contributed by atoms with Gasteiger partial charge in [-0.2, -0.15) is 0 Å². The number of thiocarbonyl (C=S) groups is 1. The molecule has 6 heteroatoms. The maximum atomic E-state index is 5.91. The van der Waals surface area contributed by atoms with E-state index in [9.17, 15) is 0 Å². The van der Waals surface area contributed by atoms with Gasteiger partial charge in [0.15, 0.2) is 5.11 Å². The van der Waals surface area contributed by atoms with Gasteiger partial charge in [0.1, 0.15) is 5.82 Å². The summed E-state index contributed by atoms with van der Waals surface area (Å²) >= 11 is 5.91. The first-order valence-corrected chi connectivity index (χ1v) is 12.0. The van der Waals surface area contributed by atoms with E-state index >= 15 is 0 Å². The third-order valence-electron chi connectivity index (χ3n) is 6.79. The summed E-state index contributed by atoms with van der Waals surface area (Å²) in [5, 5.41) is 4.29. The van der Waals surface area contributed by atoms with Crippen molar-refractivity contribution in [3.8, 4) is 5.82 Å². The van der Waals surface area contributed by atoms with Crippen LogP contribution in [0.1, 0.15) is 51.4 Å². The Morgan fingerprint density at radius 2 is 1.68 bits per heavy atom. The van der Waals surface area contributed by atoms with Gasteiger partial charge in [0.05, 0.1) is 17.8 Å². The molecule has 34 heavy (non-hydrogen) atoms. The molecule has 1 aliphatic rings. The van der Waals surface area contributed by atoms with E-state index in [1.807, 2.05) is 30.6 Å². The molecule has 0 spiro atoms. The predicted octanol–water partition coefficient (Wildman–Crippen LogP) is 5.99. The first kappa shape index (κ1) is 22.3. The second kappa shape index (κ2) is 8.69. The van der Waals surface area contributed by atoms with Gasteiger partial charge in [0.2, 0.25) is 0 Å². The summed E-state index contributed by atoms with van der Waals surface area (Å²) in [6.07, 6.45) is 3.71. The van der Waals surface area contributed by atoms with Gasteiger partial charge in [-0.1, -0.05) is 12.1 Å². The number of benzene rings is 1. The highest BCUT2D eigenvalue weighted by molar-refractivity contribution is 7.80. The van der Waals surface area contributed by atoms with E-state index in [1.54, 1.807) is 0 Å². The Labute approximate surface area is 206 Å². The van der Waals surface area contributed by atoms with Crippen molar-refractivity contribution >= 4 is 23.0 Å². The molecule has 2 atom stereocenters. The van der Waals surface area contributed by atoms with E-state index in [0.29, 0.717) is 5.11 Å². The second-order valence-electron chi connectivity index (χ2n) is 9.12. The predicted molar refractivity (Wildman–Crippen MR) is 142 cm³/mol.